The van der Waals surface area contributed by atoms with Crippen LogP contribution in [0.2, 0.25) is 0 Å². The molecule has 20 heavy (non-hydrogen) atoms. The average Bonchev–Trinajstić information content (AvgIpc) is 2.91. The standard InChI is InChI=1S/C16H22N2OS/c1-11-9-12(11)10-18-14(13-5-4-8-20-13)17-16(15(18)19)6-2-3-7-16/h4-5,8,11-12,14,17H,2-3,6-7,9-10H2,1H3. The number of thiophene rings is 1. The van der Waals surface area contributed by atoms with Crippen LogP contribution in [0.25, 0.3) is 0 Å². The van der Waals surface area contributed by atoms with Crippen molar-refractivity contribution < 1.29 is 4.79 Å². The van der Waals surface area contributed by atoms with E-state index in [-0.39, 0.29) is 11.7 Å². The van der Waals surface area contributed by atoms with E-state index in [4.69, 9.17) is 0 Å². The Morgan fingerprint density at radius 2 is 2.20 bits per heavy atom. The predicted octanol–water partition coefficient (Wildman–Crippen LogP) is 3.15. The van der Waals surface area contributed by atoms with Crippen molar-refractivity contribution >= 4 is 17.2 Å². The van der Waals surface area contributed by atoms with Crippen molar-refractivity contribution in [2.24, 2.45) is 11.8 Å². The molecule has 1 saturated heterocycles. The molecule has 108 valence electrons. The Bertz CT molecular complexity index is 507. The summed E-state index contributed by atoms with van der Waals surface area (Å²) in [5.74, 6) is 1.89. The van der Waals surface area contributed by atoms with Crippen molar-refractivity contribution in [2.75, 3.05) is 6.54 Å². The Hall–Kier alpha value is -0.870. The molecule has 0 bridgehead atoms. The highest BCUT2D eigenvalue weighted by atomic mass is 32.1. The summed E-state index contributed by atoms with van der Waals surface area (Å²) in [6, 6.07) is 4.25. The minimum absolute atomic E-state index is 0.119. The first-order valence-electron chi connectivity index (χ1n) is 7.82. The zero-order valence-electron chi connectivity index (χ0n) is 12.0. The second-order valence-corrected chi connectivity index (χ2v) is 7.76. The van der Waals surface area contributed by atoms with E-state index in [1.807, 2.05) is 0 Å². The van der Waals surface area contributed by atoms with Crippen LogP contribution in [0.3, 0.4) is 0 Å². The van der Waals surface area contributed by atoms with Crippen molar-refractivity contribution in [3.05, 3.63) is 22.4 Å². The third-order valence-electron chi connectivity index (χ3n) is 5.37. The first kappa shape index (κ1) is 12.8. The number of carbonyl (C=O) groups excluding carboxylic acids is 1. The lowest BCUT2D eigenvalue weighted by molar-refractivity contribution is -0.133. The Labute approximate surface area is 124 Å². The fraction of sp³-hybridized carbons (Fsp3) is 0.688. The van der Waals surface area contributed by atoms with Gasteiger partial charge >= 0.3 is 0 Å². The van der Waals surface area contributed by atoms with Gasteiger partial charge in [0, 0.05) is 11.4 Å². The van der Waals surface area contributed by atoms with E-state index in [0.717, 1.165) is 31.2 Å². The molecule has 2 aliphatic carbocycles. The highest BCUT2D eigenvalue weighted by molar-refractivity contribution is 7.10. The maximum Gasteiger partial charge on any atom is 0.244 e. The second kappa shape index (κ2) is 4.57. The van der Waals surface area contributed by atoms with Crippen LogP contribution in [0, 0.1) is 11.8 Å². The largest absolute Gasteiger partial charge is 0.320 e. The van der Waals surface area contributed by atoms with Gasteiger partial charge in [-0.15, -0.1) is 11.3 Å². The third-order valence-corrected chi connectivity index (χ3v) is 6.30. The zero-order valence-corrected chi connectivity index (χ0v) is 12.8. The van der Waals surface area contributed by atoms with Gasteiger partial charge in [-0.2, -0.15) is 0 Å². The predicted molar refractivity (Wildman–Crippen MR) is 80.4 cm³/mol. The number of hydrogen-bond donors (Lipinski definition) is 1. The SMILES string of the molecule is CC1CC1CN1C(=O)C2(CCCC2)NC1c1cccs1. The fourth-order valence-corrected chi connectivity index (χ4v) is 4.68. The summed E-state index contributed by atoms with van der Waals surface area (Å²) >= 11 is 1.76. The average molecular weight is 290 g/mol. The molecule has 3 nitrogen and oxygen atoms in total. The van der Waals surface area contributed by atoms with Crippen LogP contribution in [-0.4, -0.2) is 22.9 Å². The quantitative estimate of drug-likeness (QED) is 0.927. The van der Waals surface area contributed by atoms with E-state index in [2.05, 4.69) is 34.7 Å². The molecule has 1 aromatic rings. The van der Waals surface area contributed by atoms with Crippen molar-refractivity contribution in [3.8, 4) is 0 Å². The molecule has 3 aliphatic rings. The maximum atomic E-state index is 13.0. The van der Waals surface area contributed by atoms with Gasteiger partial charge in [0.25, 0.3) is 0 Å². The van der Waals surface area contributed by atoms with Crippen molar-refractivity contribution in [1.29, 1.82) is 0 Å². The Kier molecular flexibility index (Phi) is 2.93. The summed E-state index contributed by atoms with van der Waals surface area (Å²) in [5, 5.41) is 5.81. The van der Waals surface area contributed by atoms with Gasteiger partial charge in [-0.1, -0.05) is 25.8 Å². The van der Waals surface area contributed by atoms with Crippen LogP contribution in [0.15, 0.2) is 17.5 Å². The summed E-state index contributed by atoms with van der Waals surface area (Å²) in [7, 11) is 0. The van der Waals surface area contributed by atoms with Crippen LogP contribution in [-0.2, 0) is 4.79 Å². The minimum atomic E-state index is -0.243. The van der Waals surface area contributed by atoms with E-state index in [1.165, 1.54) is 24.1 Å². The number of nitrogens with zero attached hydrogens (tertiary/aromatic N) is 1. The topological polar surface area (TPSA) is 32.3 Å². The molecule has 2 heterocycles. The molecule has 1 amide bonds. The lowest BCUT2D eigenvalue weighted by Crippen LogP contribution is -2.44. The zero-order chi connectivity index (χ0) is 13.7. The molecule has 3 unspecified atom stereocenters. The summed E-state index contributed by atoms with van der Waals surface area (Å²) in [4.78, 5) is 16.4. The molecule has 1 aromatic heterocycles. The molecule has 1 N–H and O–H groups in total. The number of amides is 1. The molecule has 1 aliphatic heterocycles. The number of nitrogens with one attached hydrogen (secondary N) is 1. The number of rotatable bonds is 3. The highest BCUT2D eigenvalue weighted by Gasteiger charge is 2.54. The fourth-order valence-electron chi connectivity index (χ4n) is 3.90. The third kappa shape index (κ3) is 1.92. The van der Waals surface area contributed by atoms with Gasteiger partial charge in [-0.3, -0.25) is 10.1 Å². The highest BCUT2D eigenvalue weighted by Crippen LogP contribution is 2.45. The molecule has 4 rings (SSSR count). The van der Waals surface area contributed by atoms with Crippen molar-refractivity contribution in [2.45, 2.75) is 50.7 Å². The van der Waals surface area contributed by atoms with Crippen LogP contribution in [0.5, 0.6) is 0 Å². The first-order chi connectivity index (χ1) is 9.70. The molecule has 0 aromatic carbocycles. The van der Waals surface area contributed by atoms with E-state index < -0.39 is 0 Å². The van der Waals surface area contributed by atoms with E-state index >= 15 is 0 Å². The molecule has 0 radical (unpaired) electrons. The molecular formula is C16H22N2OS. The van der Waals surface area contributed by atoms with Crippen LogP contribution >= 0.6 is 11.3 Å². The van der Waals surface area contributed by atoms with Gasteiger partial charge in [-0.05, 0) is 42.5 Å². The van der Waals surface area contributed by atoms with Crippen molar-refractivity contribution in [3.63, 3.8) is 0 Å². The monoisotopic (exact) mass is 290 g/mol. The normalized spacial score (nSPS) is 35.1. The summed E-state index contributed by atoms with van der Waals surface area (Å²) in [6.07, 6.45) is 5.81. The maximum absolute atomic E-state index is 13.0. The van der Waals surface area contributed by atoms with Crippen LogP contribution in [0.4, 0.5) is 0 Å². The van der Waals surface area contributed by atoms with Gasteiger partial charge in [0.1, 0.15) is 6.17 Å². The Morgan fingerprint density at radius 1 is 1.45 bits per heavy atom. The molecule has 2 saturated carbocycles. The summed E-state index contributed by atoms with van der Waals surface area (Å²) in [6.45, 7) is 3.24. The van der Waals surface area contributed by atoms with Gasteiger partial charge in [0.05, 0.1) is 5.54 Å². The molecule has 3 atom stereocenters. The minimum Gasteiger partial charge on any atom is -0.320 e. The lowest BCUT2D eigenvalue weighted by atomic mass is 9.98. The summed E-state index contributed by atoms with van der Waals surface area (Å²) < 4.78 is 0. The van der Waals surface area contributed by atoms with Gasteiger partial charge in [0.15, 0.2) is 0 Å². The first-order valence-corrected chi connectivity index (χ1v) is 8.70. The Balaban J connectivity index is 1.63. The van der Waals surface area contributed by atoms with E-state index in [0.29, 0.717) is 5.91 Å². The van der Waals surface area contributed by atoms with E-state index in [9.17, 15) is 4.79 Å². The molecule has 3 fully saturated rings. The van der Waals surface area contributed by atoms with Gasteiger partial charge < -0.3 is 4.90 Å². The van der Waals surface area contributed by atoms with Gasteiger partial charge in [-0.25, -0.2) is 0 Å². The molecular weight excluding hydrogens is 268 g/mol. The van der Waals surface area contributed by atoms with E-state index in [1.54, 1.807) is 11.3 Å². The van der Waals surface area contributed by atoms with Gasteiger partial charge in [0.2, 0.25) is 5.91 Å². The second-order valence-electron chi connectivity index (χ2n) is 6.78. The smallest absolute Gasteiger partial charge is 0.244 e. The van der Waals surface area contributed by atoms with Crippen molar-refractivity contribution in [1.82, 2.24) is 10.2 Å². The number of carbonyl (C=O) groups is 1. The summed E-state index contributed by atoms with van der Waals surface area (Å²) in [5.41, 5.74) is -0.243. The number of hydrogen-bond acceptors (Lipinski definition) is 3. The Morgan fingerprint density at radius 3 is 2.80 bits per heavy atom. The molecule has 4 heteroatoms. The van der Waals surface area contributed by atoms with Crippen LogP contribution in [0.1, 0.15) is 50.1 Å². The lowest BCUT2D eigenvalue weighted by Gasteiger charge is -2.23. The molecule has 1 spiro atoms. The van der Waals surface area contributed by atoms with Crippen LogP contribution < -0.4 is 5.32 Å².